The predicted molar refractivity (Wildman–Crippen MR) is 127 cm³/mol. The van der Waals surface area contributed by atoms with Crippen LogP contribution in [0.5, 0.6) is 0 Å². The standard InChI is InChI=1S/C24H36N2O6Si/c1-8-13-31-22(30)25-11-9-15(10-12-25)16-14-17-18(20(27)26(17)19(16)21(28)29)24(5,23(2,3)4)32-33(6)7/h8-9,17-18,33H,1,10-14H2,2-7H3,(H,28,29)/t17-,18-,24-/m1/s1. The van der Waals surface area contributed by atoms with Crippen molar-refractivity contribution in [2.24, 2.45) is 11.3 Å². The normalized spacial score (nSPS) is 24.8. The van der Waals surface area contributed by atoms with Gasteiger partial charge in [0.1, 0.15) is 12.3 Å². The molecule has 33 heavy (non-hydrogen) atoms. The van der Waals surface area contributed by atoms with Crippen molar-refractivity contribution >= 4 is 27.0 Å². The number of ether oxygens (including phenoxy) is 1. The molecule has 0 aliphatic carbocycles. The van der Waals surface area contributed by atoms with E-state index in [-0.39, 0.29) is 29.7 Å². The van der Waals surface area contributed by atoms with E-state index in [0.29, 0.717) is 31.5 Å². The third kappa shape index (κ3) is 4.40. The number of carboxylic acid groups (broad SMARTS) is 1. The largest absolute Gasteiger partial charge is 0.477 e. The molecule has 3 rings (SSSR count). The zero-order chi connectivity index (χ0) is 24.7. The molecule has 0 aromatic rings. The van der Waals surface area contributed by atoms with E-state index in [0.717, 1.165) is 5.57 Å². The Kier molecular flexibility index (Phi) is 6.96. The number of rotatable bonds is 7. The maximum Gasteiger partial charge on any atom is 0.410 e. The van der Waals surface area contributed by atoms with Gasteiger partial charge in [-0.25, -0.2) is 9.59 Å². The highest BCUT2D eigenvalue weighted by atomic mass is 28.3. The molecule has 0 radical (unpaired) electrons. The summed E-state index contributed by atoms with van der Waals surface area (Å²) in [5.74, 6) is -1.66. The van der Waals surface area contributed by atoms with Gasteiger partial charge in [0, 0.05) is 13.1 Å². The van der Waals surface area contributed by atoms with Crippen LogP contribution in [0.4, 0.5) is 4.79 Å². The van der Waals surface area contributed by atoms with E-state index in [1.165, 1.54) is 11.0 Å². The Hall–Kier alpha value is -2.39. The summed E-state index contributed by atoms with van der Waals surface area (Å²) in [6.07, 6.45) is 3.97. The summed E-state index contributed by atoms with van der Waals surface area (Å²) in [5, 5.41) is 9.99. The number of carbonyl (C=O) groups excluding carboxylic acids is 2. The zero-order valence-electron chi connectivity index (χ0n) is 20.5. The summed E-state index contributed by atoms with van der Waals surface area (Å²) in [4.78, 5) is 40.7. The first-order valence-electron chi connectivity index (χ1n) is 11.5. The van der Waals surface area contributed by atoms with E-state index in [4.69, 9.17) is 9.16 Å². The number of nitrogens with zero attached hydrogens (tertiary/aromatic N) is 2. The second kappa shape index (κ2) is 9.10. The van der Waals surface area contributed by atoms with Gasteiger partial charge in [-0.3, -0.25) is 4.79 Å². The molecule has 1 saturated heterocycles. The molecule has 0 unspecified atom stereocenters. The molecule has 1 N–H and O–H groups in total. The molecule has 3 heterocycles. The summed E-state index contributed by atoms with van der Waals surface area (Å²) < 4.78 is 11.6. The Morgan fingerprint density at radius 2 is 1.97 bits per heavy atom. The number of carbonyl (C=O) groups is 3. The van der Waals surface area contributed by atoms with Crippen molar-refractivity contribution < 1.29 is 28.7 Å². The Balaban J connectivity index is 1.87. The number of carboxylic acids is 1. The molecule has 3 aliphatic rings. The Morgan fingerprint density at radius 3 is 2.45 bits per heavy atom. The first-order chi connectivity index (χ1) is 15.3. The minimum atomic E-state index is -1.47. The summed E-state index contributed by atoms with van der Waals surface area (Å²) in [6.45, 7) is 16.9. The minimum absolute atomic E-state index is 0.0771. The number of β-lactam (4-membered cyclic amide) rings is 1. The van der Waals surface area contributed by atoms with Crippen LogP contribution >= 0.6 is 0 Å². The first kappa shape index (κ1) is 25.2. The molecule has 0 spiro atoms. The number of hydrogen-bond donors (Lipinski definition) is 1. The lowest BCUT2D eigenvalue weighted by atomic mass is 9.63. The van der Waals surface area contributed by atoms with Crippen molar-refractivity contribution in [3.63, 3.8) is 0 Å². The van der Waals surface area contributed by atoms with E-state index in [1.54, 1.807) is 4.90 Å². The third-order valence-electron chi connectivity index (χ3n) is 7.11. The summed E-state index contributed by atoms with van der Waals surface area (Å²) in [6, 6.07) is -0.230. The maximum absolute atomic E-state index is 13.4. The Labute approximate surface area is 197 Å². The monoisotopic (exact) mass is 476 g/mol. The molecular weight excluding hydrogens is 440 g/mol. The molecule has 0 saturated carbocycles. The van der Waals surface area contributed by atoms with Crippen LogP contribution < -0.4 is 0 Å². The van der Waals surface area contributed by atoms with Crippen LogP contribution in [0.25, 0.3) is 0 Å². The fourth-order valence-corrected chi connectivity index (χ4v) is 6.62. The SMILES string of the molecule is C=CCOC(=O)N1CC=C(C2=C(C(=O)O)N3C(=O)[C@H]([C@@](C)(O[SiH](C)C)C(C)(C)C)[C@H]3C2)CC1. The van der Waals surface area contributed by atoms with Gasteiger partial charge in [-0.1, -0.05) is 39.5 Å². The van der Waals surface area contributed by atoms with E-state index < -0.39 is 32.6 Å². The molecule has 1 fully saturated rings. The smallest absolute Gasteiger partial charge is 0.410 e. The van der Waals surface area contributed by atoms with Crippen LogP contribution in [0.15, 0.2) is 35.6 Å². The molecule has 2 amide bonds. The third-order valence-corrected chi connectivity index (χ3v) is 8.07. The van der Waals surface area contributed by atoms with Gasteiger partial charge >= 0.3 is 12.1 Å². The van der Waals surface area contributed by atoms with Gasteiger partial charge in [0.05, 0.1) is 17.6 Å². The number of aliphatic carboxylic acids is 1. The van der Waals surface area contributed by atoms with Gasteiger partial charge < -0.3 is 24.1 Å². The molecule has 9 heteroatoms. The highest BCUT2D eigenvalue weighted by molar-refractivity contribution is 6.48. The molecule has 8 nitrogen and oxygen atoms in total. The van der Waals surface area contributed by atoms with E-state index in [1.807, 2.05) is 13.0 Å². The van der Waals surface area contributed by atoms with Gasteiger partial charge in [-0.2, -0.15) is 0 Å². The lowest BCUT2D eigenvalue weighted by Crippen LogP contribution is -2.70. The van der Waals surface area contributed by atoms with E-state index in [2.05, 4.69) is 40.4 Å². The average Bonchev–Trinajstić information content (AvgIpc) is 3.06. The van der Waals surface area contributed by atoms with Gasteiger partial charge in [-0.05, 0) is 49.4 Å². The molecule has 0 bridgehead atoms. The van der Waals surface area contributed by atoms with Crippen molar-refractivity contribution in [2.75, 3.05) is 19.7 Å². The van der Waals surface area contributed by atoms with Crippen LogP contribution in [-0.4, -0.2) is 73.3 Å². The topological polar surface area (TPSA) is 96.4 Å². The Bertz CT molecular complexity index is 918. The second-order valence-corrected chi connectivity index (χ2v) is 12.7. The molecule has 0 aromatic heterocycles. The number of hydrogen-bond acceptors (Lipinski definition) is 5. The number of amides is 2. The summed E-state index contributed by atoms with van der Waals surface area (Å²) in [5.41, 5.74) is 0.683. The fourth-order valence-electron chi connectivity index (χ4n) is 5.14. The average molecular weight is 477 g/mol. The summed E-state index contributed by atoms with van der Waals surface area (Å²) >= 11 is 0. The quantitative estimate of drug-likeness (QED) is 0.344. The van der Waals surface area contributed by atoms with Gasteiger partial charge in [0.25, 0.3) is 0 Å². The second-order valence-electron chi connectivity index (χ2n) is 10.4. The van der Waals surface area contributed by atoms with Crippen LogP contribution in [0, 0.1) is 11.3 Å². The lowest BCUT2D eigenvalue weighted by molar-refractivity contribution is -0.180. The fraction of sp³-hybridized carbons (Fsp3) is 0.625. The predicted octanol–water partition coefficient (Wildman–Crippen LogP) is 3.32. The van der Waals surface area contributed by atoms with Gasteiger partial charge in [0.2, 0.25) is 5.91 Å². The van der Waals surface area contributed by atoms with Crippen molar-refractivity contribution in [3.8, 4) is 0 Å². The maximum atomic E-state index is 13.4. The summed E-state index contributed by atoms with van der Waals surface area (Å²) in [7, 11) is -1.47. The highest BCUT2D eigenvalue weighted by Gasteiger charge is 2.64. The van der Waals surface area contributed by atoms with E-state index in [9.17, 15) is 19.5 Å². The van der Waals surface area contributed by atoms with E-state index >= 15 is 0 Å². The van der Waals surface area contributed by atoms with Gasteiger partial charge in [-0.15, -0.1) is 0 Å². The minimum Gasteiger partial charge on any atom is -0.477 e. The Morgan fingerprint density at radius 1 is 1.30 bits per heavy atom. The molecule has 182 valence electrons. The van der Waals surface area contributed by atoms with Crippen LogP contribution in [0.1, 0.15) is 40.5 Å². The van der Waals surface area contributed by atoms with Crippen LogP contribution in [0.2, 0.25) is 13.1 Å². The van der Waals surface area contributed by atoms with Crippen LogP contribution in [-0.2, 0) is 18.8 Å². The van der Waals surface area contributed by atoms with Gasteiger partial charge in [0.15, 0.2) is 9.04 Å². The molecule has 3 aliphatic heterocycles. The zero-order valence-corrected chi connectivity index (χ0v) is 21.7. The van der Waals surface area contributed by atoms with Crippen molar-refractivity contribution in [1.29, 1.82) is 0 Å². The molecule has 0 aromatic carbocycles. The first-order valence-corrected chi connectivity index (χ1v) is 14.3. The van der Waals surface area contributed by atoms with Crippen molar-refractivity contribution in [1.82, 2.24) is 9.80 Å². The number of fused-ring (bicyclic) bond motifs is 1. The van der Waals surface area contributed by atoms with Crippen molar-refractivity contribution in [2.45, 2.75) is 65.3 Å². The molecular formula is C24H36N2O6Si. The van der Waals surface area contributed by atoms with Crippen molar-refractivity contribution in [3.05, 3.63) is 35.6 Å². The lowest BCUT2D eigenvalue weighted by Gasteiger charge is -2.57. The molecule has 3 atom stereocenters. The highest BCUT2D eigenvalue weighted by Crippen LogP contribution is 2.54. The van der Waals surface area contributed by atoms with Crippen LogP contribution in [0.3, 0.4) is 0 Å².